The van der Waals surface area contributed by atoms with Crippen LogP contribution in [0.4, 0.5) is 0 Å². The number of hydrogen-bond acceptors (Lipinski definition) is 3. The van der Waals surface area contributed by atoms with E-state index in [-0.39, 0.29) is 0 Å². The fourth-order valence-electron chi connectivity index (χ4n) is 1.85. The molecule has 0 spiro atoms. The van der Waals surface area contributed by atoms with Gasteiger partial charge in [-0.1, -0.05) is 18.2 Å². The van der Waals surface area contributed by atoms with Gasteiger partial charge in [0.2, 0.25) is 0 Å². The van der Waals surface area contributed by atoms with Gasteiger partial charge in [-0.2, -0.15) is 0 Å². The molecule has 2 rings (SSSR count). The molecule has 0 amide bonds. The standard InChI is InChI=1S/C15H19NOS/c1-3-17-15-7-5-4-6-13(15)10-16-11-14-9-8-12(2)18-14/h4-9,16H,3,10-11H2,1-2H3. The normalized spacial score (nSPS) is 10.6. The maximum absolute atomic E-state index is 5.61. The molecule has 1 heterocycles. The van der Waals surface area contributed by atoms with Crippen molar-refractivity contribution in [2.24, 2.45) is 0 Å². The van der Waals surface area contributed by atoms with E-state index in [0.29, 0.717) is 6.61 Å². The molecule has 2 nitrogen and oxygen atoms in total. The van der Waals surface area contributed by atoms with Crippen molar-refractivity contribution in [2.75, 3.05) is 6.61 Å². The molecule has 0 fully saturated rings. The number of rotatable bonds is 6. The molecule has 1 N–H and O–H groups in total. The maximum Gasteiger partial charge on any atom is 0.123 e. The summed E-state index contributed by atoms with van der Waals surface area (Å²) in [6.45, 7) is 6.62. The Balaban J connectivity index is 1.89. The lowest BCUT2D eigenvalue weighted by Gasteiger charge is -2.10. The van der Waals surface area contributed by atoms with Gasteiger partial charge in [-0.3, -0.25) is 0 Å². The molecular weight excluding hydrogens is 242 g/mol. The van der Waals surface area contributed by atoms with E-state index < -0.39 is 0 Å². The van der Waals surface area contributed by atoms with E-state index in [1.54, 1.807) is 0 Å². The molecule has 1 aromatic carbocycles. The largest absolute Gasteiger partial charge is 0.494 e. The monoisotopic (exact) mass is 261 g/mol. The summed E-state index contributed by atoms with van der Waals surface area (Å²) < 4.78 is 5.61. The predicted octanol–water partition coefficient (Wildman–Crippen LogP) is 3.75. The quantitative estimate of drug-likeness (QED) is 0.855. The summed E-state index contributed by atoms with van der Waals surface area (Å²) in [5.74, 6) is 0.981. The molecule has 0 aliphatic carbocycles. The van der Waals surface area contributed by atoms with Gasteiger partial charge in [0, 0.05) is 28.4 Å². The lowest BCUT2D eigenvalue weighted by atomic mass is 10.2. The van der Waals surface area contributed by atoms with Crippen molar-refractivity contribution in [3.63, 3.8) is 0 Å². The number of nitrogens with one attached hydrogen (secondary N) is 1. The number of aryl methyl sites for hydroxylation is 1. The summed E-state index contributed by atoms with van der Waals surface area (Å²) in [5, 5.41) is 3.46. The van der Waals surface area contributed by atoms with Crippen LogP contribution in [0.5, 0.6) is 5.75 Å². The Kier molecular flexibility index (Phi) is 4.79. The third-order valence-electron chi connectivity index (χ3n) is 2.68. The smallest absolute Gasteiger partial charge is 0.123 e. The molecule has 0 unspecified atom stereocenters. The lowest BCUT2D eigenvalue weighted by molar-refractivity contribution is 0.335. The molecule has 0 atom stereocenters. The van der Waals surface area contributed by atoms with Crippen molar-refractivity contribution < 1.29 is 4.74 Å². The zero-order valence-corrected chi connectivity index (χ0v) is 11.7. The Morgan fingerprint density at radius 3 is 2.67 bits per heavy atom. The second kappa shape index (κ2) is 6.57. The van der Waals surface area contributed by atoms with Gasteiger partial charge in [0.05, 0.1) is 6.61 Å². The van der Waals surface area contributed by atoms with E-state index in [1.807, 2.05) is 30.4 Å². The number of benzene rings is 1. The van der Waals surface area contributed by atoms with Gasteiger partial charge in [-0.25, -0.2) is 0 Å². The average molecular weight is 261 g/mol. The molecule has 0 saturated heterocycles. The highest BCUT2D eigenvalue weighted by atomic mass is 32.1. The first-order valence-corrected chi connectivity index (χ1v) is 7.08. The van der Waals surface area contributed by atoms with Gasteiger partial charge in [0.25, 0.3) is 0 Å². The summed E-state index contributed by atoms with van der Waals surface area (Å²) in [6.07, 6.45) is 0. The lowest BCUT2D eigenvalue weighted by Crippen LogP contribution is -2.12. The van der Waals surface area contributed by atoms with Gasteiger partial charge in [-0.05, 0) is 32.0 Å². The van der Waals surface area contributed by atoms with Gasteiger partial charge in [0.1, 0.15) is 5.75 Å². The van der Waals surface area contributed by atoms with Crippen LogP contribution in [-0.4, -0.2) is 6.61 Å². The molecule has 0 saturated carbocycles. The molecule has 18 heavy (non-hydrogen) atoms. The minimum atomic E-state index is 0.709. The third kappa shape index (κ3) is 3.59. The fourth-order valence-corrected chi connectivity index (χ4v) is 2.71. The van der Waals surface area contributed by atoms with Crippen LogP contribution in [0.25, 0.3) is 0 Å². The highest BCUT2D eigenvalue weighted by Crippen LogP contribution is 2.18. The van der Waals surface area contributed by atoms with Crippen LogP contribution >= 0.6 is 11.3 Å². The van der Waals surface area contributed by atoms with Crippen molar-refractivity contribution in [3.05, 3.63) is 51.7 Å². The molecule has 1 aromatic heterocycles. The highest BCUT2D eigenvalue weighted by Gasteiger charge is 2.02. The Hall–Kier alpha value is -1.32. The number of para-hydroxylation sites is 1. The number of hydrogen-bond donors (Lipinski definition) is 1. The van der Waals surface area contributed by atoms with Crippen LogP contribution in [0.2, 0.25) is 0 Å². The highest BCUT2D eigenvalue weighted by molar-refractivity contribution is 7.11. The van der Waals surface area contributed by atoms with E-state index >= 15 is 0 Å². The molecule has 0 radical (unpaired) electrons. The van der Waals surface area contributed by atoms with Gasteiger partial charge >= 0.3 is 0 Å². The van der Waals surface area contributed by atoms with Gasteiger partial charge in [0.15, 0.2) is 0 Å². The maximum atomic E-state index is 5.61. The van der Waals surface area contributed by atoms with Crippen LogP contribution < -0.4 is 10.1 Å². The predicted molar refractivity (Wildman–Crippen MR) is 77.2 cm³/mol. The first-order valence-electron chi connectivity index (χ1n) is 6.26. The Morgan fingerprint density at radius 2 is 1.94 bits per heavy atom. The van der Waals surface area contributed by atoms with E-state index in [9.17, 15) is 0 Å². The van der Waals surface area contributed by atoms with Gasteiger partial charge in [-0.15, -0.1) is 11.3 Å². The molecule has 0 aliphatic rings. The number of thiophene rings is 1. The van der Waals surface area contributed by atoms with E-state index in [2.05, 4.69) is 36.5 Å². The zero-order chi connectivity index (χ0) is 12.8. The third-order valence-corrected chi connectivity index (χ3v) is 3.68. The first kappa shape index (κ1) is 13.1. The Morgan fingerprint density at radius 1 is 1.11 bits per heavy atom. The second-order valence-electron chi connectivity index (χ2n) is 4.16. The van der Waals surface area contributed by atoms with Crippen molar-refractivity contribution in [3.8, 4) is 5.75 Å². The minimum Gasteiger partial charge on any atom is -0.494 e. The molecular formula is C15H19NOS. The fraction of sp³-hybridized carbons (Fsp3) is 0.333. The molecule has 0 bridgehead atoms. The minimum absolute atomic E-state index is 0.709. The average Bonchev–Trinajstić information content (AvgIpc) is 2.78. The van der Waals surface area contributed by atoms with Crippen molar-refractivity contribution in [1.29, 1.82) is 0 Å². The first-order chi connectivity index (χ1) is 8.79. The zero-order valence-electron chi connectivity index (χ0n) is 10.9. The van der Waals surface area contributed by atoms with E-state index in [1.165, 1.54) is 15.3 Å². The summed E-state index contributed by atoms with van der Waals surface area (Å²) in [5.41, 5.74) is 1.22. The van der Waals surface area contributed by atoms with Crippen LogP contribution in [0.15, 0.2) is 36.4 Å². The van der Waals surface area contributed by atoms with Crippen LogP contribution in [0, 0.1) is 6.92 Å². The SMILES string of the molecule is CCOc1ccccc1CNCc1ccc(C)s1. The van der Waals surface area contributed by atoms with E-state index in [0.717, 1.165) is 18.8 Å². The Labute approximate surface area is 113 Å². The van der Waals surface area contributed by atoms with E-state index in [4.69, 9.17) is 4.74 Å². The summed E-state index contributed by atoms with van der Waals surface area (Å²) in [6, 6.07) is 12.5. The second-order valence-corrected chi connectivity index (χ2v) is 5.53. The van der Waals surface area contributed by atoms with Gasteiger partial charge < -0.3 is 10.1 Å². The summed E-state index contributed by atoms with van der Waals surface area (Å²) in [7, 11) is 0. The number of ether oxygens (including phenoxy) is 1. The molecule has 96 valence electrons. The van der Waals surface area contributed by atoms with Crippen LogP contribution in [-0.2, 0) is 13.1 Å². The van der Waals surface area contributed by atoms with Crippen molar-refractivity contribution in [2.45, 2.75) is 26.9 Å². The van der Waals surface area contributed by atoms with Crippen LogP contribution in [0.1, 0.15) is 22.2 Å². The molecule has 2 aromatic rings. The van der Waals surface area contributed by atoms with Crippen molar-refractivity contribution in [1.82, 2.24) is 5.32 Å². The van der Waals surface area contributed by atoms with Crippen molar-refractivity contribution >= 4 is 11.3 Å². The molecule has 0 aliphatic heterocycles. The summed E-state index contributed by atoms with van der Waals surface area (Å²) >= 11 is 1.84. The summed E-state index contributed by atoms with van der Waals surface area (Å²) in [4.78, 5) is 2.74. The Bertz CT molecular complexity index is 493. The van der Waals surface area contributed by atoms with Crippen LogP contribution in [0.3, 0.4) is 0 Å². The molecule has 3 heteroatoms. The topological polar surface area (TPSA) is 21.3 Å².